The molecule has 0 saturated heterocycles. The van der Waals surface area contributed by atoms with Crippen LogP contribution in [0.15, 0.2) is 36.5 Å². The van der Waals surface area contributed by atoms with Gasteiger partial charge in [0.05, 0.1) is 24.0 Å². The van der Waals surface area contributed by atoms with E-state index in [-0.39, 0.29) is 12.1 Å². The van der Waals surface area contributed by atoms with E-state index in [9.17, 15) is 4.79 Å². The normalized spacial score (nSPS) is 12.0. The minimum Gasteiger partial charge on any atom is -0.383 e. The van der Waals surface area contributed by atoms with Crippen LogP contribution in [0.5, 0.6) is 0 Å². The Morgan fingerprint density at radius 2 is 2.05 bits per heavy atom. The summed E-state index contributed by atoms with van der Waals surface area (Å²) >= 11 is 0. The van der Waals surface area contributed by atoms with Gasteiger partial charge in [-0.2, -0.15) is 5.10 Å². The number of amides is 2. The zero-order valence-corrected chi connectivity index (χ0v) is 13.2. The van der Waals surface area contributed by atoms with Crippen LogP contribution in [0.4, 0.5) is 10.5 Å². The van der Waals surface area contributed by atoms with Gasteiger partial charge in [-0.15, -0.1) is 0 Å². The van der Waals surface area contributed by atoms with Gasteiger partial charge in [0.2, 0.25) is 0 Å². The minimum atomic E-state index is -0.230. The number of hydrogen-bond acceptors (Lipinski definition) is 3. The van der Waals surface area contributed by atoms with Gasteiger partial charge >= 0.3 is 6.03 Å². The number of aryl methyl sites for hydroxylation is 1. The number of rotatable bonds is 6. The van der Waals surface area contributed by atoms with Gasteiger partial charge in [0.15, 0.2) is 0 Å². The van der Waals surface area contributed by atoms with E-state index in [0.717, 1.165) is 23.5 Å². The van der Waals surface area contributed by atoms with Gasteiger partial charge in [-0.3, -0.25) is 0 Å². The molecule has 0 unspecified atom stereocenters. The highest BCUT2D eigenvalue weighted by atomic mass is 16.5. The number of ether oxygens (including phenoxy) is 1. The molecule has 0 radical (unpaired) electrons. The average molecular weight is 302 g/mol. The Labute approximate surface area is 130 Å². The van der Waals surface area contributed by atoms with Crippen molar-refractivity contribution in [2.45, 2.75) is 26.3 Å². The van der Waals surface area contributed by atoms with Crippen molar-refractivity contribution < 1.29 is 9.53 Å². The van der Waals surface area contributed by atoms with Crippen LogP contribution in [-0.2, 0) is 4.74 Å². The van der Waals surface area contributed by atoms with Gasteiger partial charge in [-0.1, -0.05) is 6.92 Å². The summed E-state index contributed by atoms with van der Waals surface area (Å²) in [5.41, 5.74) is 2.65. The SMILES string of the molecule is CC[C@H](COC)NC(=O)Nc1ccc(-n2ccc(C)n2)cc1. The molecule has 0 bridgehead atoms. The summed E-state index contributed by atoms with van der Waals surface area (Å²) in [7, 11) is 1.62. The van der Waals surface area contributed by atoms with E-state index in [0.29, 0.717) is 6.61 Å². The highest BCUT2D eigenvalue weighted by molar-refractivity contribution is 5.89. The Balaban J connectivity index is 1.94. The van der Waals surface area contributed by atoms with Crippen LogP contribution in [0.3, 0.4) is 0 Å². The Kier molecular flexibility index (Phi) is 5.55. The summed E-state index contributed by atoms with van der Waals surface area (Å²) in [5.74, 6) is 0. The molecule has 6 nitrogen and oxygen atoms in total. The number of benzene rings is 1. The van der Waals surface area contributed by atoms with Crippen LogP contribution in [0.2, 0.25) is 0 Å². The second-order valence-corrected chi connectivity index (χ2v) is 5.11. The number of carbonyl (C=O) groups excluding carboxylic acids is 1. The Morgan fingerprint density at radius 1 is 1.32 bits per heavy atom. The largest absolute Gasteiger partial charge is 0.383 e. The molecule has 6 heteroatoms. The van der Waals surface area contributed by atoms with E-state index < -0.39 is 0 Å². The summed E-state index contributed by atoms with van der Waals surface area (Å²) < 4.78 is 6.86. The quantitative estimate of drug-likeness (QED) is 0.862. The van der Waals surface area contributed by atoms with Crippen molar-refractivity contribution in [3.8, 4) is 5.69 Å². The van der Waals surface area contributed by atoms with E-state index in [2.05, 4.69) is 15.7 Å². The molecule has 2 rings (SSSR count). The number of carbonyl (C=O) groups is 1. The number of urea groups is 1. The van der Waals surface area contributed by atoms with Crippen LogP contribution in [0.25, 0.3) is 5.69 Å². The average Bonchev–Trinajstić information content (AvgIpc) is 2.94. The first-order valence-corrected chi connectivity index (χ1v) is 7.31. The molecular weight excluding hydrogens is 280 g/mol. The van der Waals surface area contributed by atoms with Crippen molar-refractivity contribution in [3.05, 3.63) is 42.2 Å². The maximum absolute atomic E-state index is 11.9. The van der Waals surface area contributed by atoms with Crippen LogP contribution >= 0.6 is 0 Å². The Bertz CT molecular complexity index is 607. The lowest BCUT2D eigenvalue weighted by atomic mass is 10.2. The molecule has 2 aromatic rings. The molecule has 22 heavy (non-hydrogen) atoms. The molecule has 0 aliphatic heterocycles. The predicted molar refractivity (Wildman–Crippen MR) is 86.4 cm³/mol. The number of nitrogens with zero attached hydrogens (tertiary/aromatic N) is 2. The maximum Gasteiger partial charge on any atom is 0.319 e. The molecule has 2 amide bonds. The lowest BCUT2D eigenvalue weighted by Gasteiger charge is -2.16. The van der Waals surface area contributed by atoms with Crippen molar-refractivity contribution in [2.24, 2.45) is 0 Å². The first kappa shape index (κ1) is 16.0. The van der Waals surface area contributed by atoms with Crippen molar-refractivity contribution in [1.29, 1.82) is 0 Å². The molecule has 1 heterocycles. The van der Waals surface area contributed by atoms with Crippen molar-refractivity contribution in [1.82, 2.24) is 15.1 Å². The number of nitrogens with one attached hydrogen (secondary N) is 2. The molecule has 0 fully saturated rings. The third kappa shape index (κ3) is 4.33. The van der Waals surface area contributed by atoms with Gasteiger partial charge in [-0.05, 0) is 43.7 Å². The fraction of sp³-hybridized carbons (Fsp3) is 0.375. The zero-order chi connectivity index (χ0) is 15.9. The van der Waals surface area contributed by atoms with Crippen molar-refractivity contribution >= 4 is 11.7 Å². The van der Waals surface area contributed by atoms with E-state index in [1.54, 1.807) is 11.8 Å². The second kappa shape index (κ2) is 7.61. The van der Waals surface area contributed by atoms with Crippen molar-refractivity contribution in [3.63, 3.8) is 0 Å². The summed E-state index contributed by atoms with van der Waals surface area (Å²) in [6, 6.07) is 9.25. The summed E-state index contributed by atoms with van der Waals surface area (Å²) in [6.07, 6.45) is 2.72. The summed E-state index contributed by atoms with van der Waals surface area (Å²) in [6.45, 7) is 4.45. The third-order valence-corrected chi connectivity index (χ3v) is 3.31. The number of hydrogen-bond donors (Lipinski definition) is 2. The van der Waals surface area contributed by atoms with Gasteiger partial charge in [-0.25, -0.2) is 9.48 Å². The highest BCUT2D eigenvalue weighted by Crippen LogP contribution is 2.13. The molecule has 0 saturated carbocycles. The van der Waals surface area contributed by atoms with Crippen LogP contribution < -0.4 is 10.6 Å². The Hall–Kier alpha value is -2.34. The van der Waals surface area contributed by atoms with E-state index in [4.69, 9.17) is 4.74 Å². The first-order valence-electron chi connectivity index (χ1n) is 7.31. The van der Waals surface area contributed by atoms with Gasteiger partial charge in [0.25, 0.3) is 0 Å². The molecule has 0 spiro atoms. The number of aromatic nitrogens is 2. The molecule has 1 aromatic heterocycles. The fourth-order valence-corrected chi connectivity index (χ4v) is 2.07. The lowest BCUT2D eigenvalue weighted by molar-refractivity contribution is 0.165. The van der Waals surface area contributed by atoms with Crippen LogP contribution in [-0.4, -0.2) is 35.6 Å². The van der Waals surface area contributed by atoms with Crippen LogP contribution in [0, 0.1) is 6.92 Å². The van der Waals surface area contributed by atoms with Crippen molar-refractivity contribution in [2.75, 3.05) is 19.0 Å². The van der Waals surface area contributed by atoms with Gasteiger partial charge in [0, 0.05) is 19.0 Å². The molecule has 2 N–H and O–H groups in total. The standard InChI is InChI=1S/C16H22N4O2/c1-4-13(11-22-3)17-16(21)18-14-5-7-15(8-6-14)20-10-9-12(2)19-20/h5-10,13H,4,11H2,1-3H3,(H2,17,18,21)/t13-/m1/s1. The predicted octanol–water partition coefficient (Wildman–Crippen LogP) is 2.73. The molecule has 1 aromatic carbocycles. The number of methoxy groups -OCH3 is 1. The first-order chi connectivity index (χ1) is 10.6. The minimum absolute atomic E-state index is 0.0105. The fourth-order valence-electron chi connectivity index (χ4n) is 2.07. The summed E-state index contributed by atoms with van der Waals surface area (Å²) in [4.78, 5) is 11.9. The highest BCUT2D eigenvalue weighted by Gasteiger charge is 2.10. The zero-order valence-electron chi connectivity index (χ0n) is 13.2. The molecule has 118 valence electrons. The molecule has 1 atom stereocenters. The maximum atomic E-state index is 11.9. The number of anilines is 1. The second-order valence-electron chi connectivity index (χ2n) is 5.11. The molecule has 0 aliphatic carbocycles. The van der Waals surface area contributed by atoms with Crippen LogP contribution in [0.1, 0.15) is 19.0 Å². The third-order valence-electron chi connectivity index (χ3n) is 3.31. The lowest BCUT2D eigenvalue weighted by Crippen LogP contribution is -2.40. The molecular formula is C16H22N4O2. The molecule has 0 aliphatic rings. The van der Waals surface area contributed by atoms with E-state index in [1.807, 2.05) is 50.4 Å². The Morgan fingerprint density at radius 3 is 2.59 bits per heavy atom. The smallest absolute Gasteiger partial charge is 0.319 e. The van der Waals surface area contributed by atoms with E-state index >= 15 is 0 Å². The topological polar surface area (TPSA) is 68.2 Å². The van der Waals surface area contributed by atoms with Gasteiger partial charge < -0.3 is 15.4 Å². The monoisotopic (exact) mass is 302 g/mol. The summed E-state index contributed by atoms with van der Waals surface area (Å²) in [5, 5.41) is 10.0. The van der Waals surface area contributed by atoms with Gasteiger partial charge in [0.1, 0.15) is 0 Å². The van der Waals surface area contributed by atoms with E-state index in [1.165, 1.54) is 0 Å².